The van der Waals surface area contributed by atoms with Crippen LogP contribution in [0.4, 0.5) is 39.5 Å². The Morgan fingerprint density at radius 2 is 1.75 bits per heavy atom. The van der Waals surface area contributed by atoms with Crippen molar-refractivity contribution >= 4 is 34.5 Å². The molecule has 2 amide bonds. The number of ether oxygens (including phenoxy) is 1. The van der Waals surface area contributed by atoms with Crippen LogP contribution < -0.4 is 16.4 Å². The van der Waals surface area contributed by atoms with Crippen LogP contribution in [0.5, 0.6) is 0 Å². The lowest BCUT2D eigenvalue weighted by molar-refractivity contribution is -0.137. The lowest BCUT2D eigenvalue weighted by Crippen LogP contribution is -2.39. The molecular formula is C26H23F4N7O3. The van der Waals surface area contributed by atoms with Gasteiger partial charge in [-0.25, -0.2) is 18.7 Å². The van der Waals surface area contributed by atoms with E-state index < -0.39 is 29.3 Å². The average Bonchev–Trinajstić information content (AvgIpc) is 3.31. The van der Waals surface area contributed by atoms with E-state index in [9.17, 15) is 27.2 Å². The molecule has 4 N–H and O–H groups in total. The number of nitrogen functional groups attached to an aromatic ring is 1. The number of urea groups is 1. The molecule has 0 aliphatic carbocycles. The van der Waals surface area contributed by atoms with Crippen LogP contribution in [0.3, 0.4) is 0 Å². The molecule has 0 bridgehead atoms. The number of morpholine rings is 1. The van der Waals surface area contributed by atoms with Crippen LogP contribution in [0.1, 0.15) is 16.1 Å². The van der Waals surface area contributed by atoms with Crippen LogP contribution in [0, 0.1) is 5.82 Å². The maximum Gasteiger partial charge on any atom is 0.416 e. The first-order valence-corrected chi connectivity index (χ1v) is 12.1. The minimum atomic E-state index is -4.76. The number of halogens is 4. The molecule has 1 saturated heterocycles. The Bertz CT molecular complexity index is 1580. The molecule has 0 spiro atoms. The molecule has 10 nitrogen and oxygen atoms in total. The Kier molecular flexibility index (Phi) is 7.12. The maximum absolute atomic E-state index is 14.6. The quantitative estimate of drug-likeness (QED) is 0.272. The van der Waals surface area contributed by atoms with Crippen molar-refractivity contribution in [3.8, 4) is 11.1 Å². The molecule has 4 aromatic rings. The van der Waals surface area contributed by atoms with E-state index in [0.717, 1.165) is 0 Å². The van der Waals surface area contributed by atoms with Gasteiger partial charge in [0.1, 0.15) is 23.4 Å². The van der Waals surface area contributed by atoms with Crippen LogP contribution in [0.15, 0.2) is 54.9 Å². The summed E-state index contributed by atoms with van der Waals surface area (Å²) in [6.45, 7) is 2.43. The smallest absolute Gasteiger partial charge is 0.382 e. The first-order chi connectivity index (χ1) is 19.0. The number of alkyl halides is 3. The van der Waals surface area contributed by atoms with Crippen LogP contribution in [0.2, 0.25) is 0 Å². The highest BCUT2D eigenvalue weighted by Gasteiger charge is 2.33. The molecule has 0 atom stereocenters. The standard InChI is InChI=1S/C26H23F4N7O3/c27-19-6-3-16(26(28,29)30)11-20(19)36(25(32)39)17-4-1-15(2-5-17)18-12-21(37-23(18)24(31)33-14-34-37)22(38)13-35-7-9-40-10-8-35/h1-6,11-12,14H,7-10,13H2,(H2,32,39)(H2,31,33,34). The molecule has 0 unspecified atom stereocenters. The number of rotatable bonds is 6. The second-order valence-electron chi connectivity index (χ2n) is 9.05. The molecule has 3 heterocycles. The predicted octanol–water partition coefficient (Wildman–Crippen LogP) is 3.87. The Labute approximate surface area is 224 Å². The van der Waals surface area contributed by atoms with Crippen molar-refractivity contribution in [1.29, 1.82) is 0 Å². The minimum Gasteiger partial charge on any atom is -0.382 e. The summed E-state index contributed by atoms with van der Waals surface area (Å²) in [5.41, 5.74) is 11.5. The van der Waals surface area contributed by atoms with Crippen molar-refractivity contribution in [2.24, 2.45) is 5.73 Å². The fraction of sp³-hybridized carbons (Fsp3) is 0.231. The summed E-state index contributed by atoms with van der Waals surface area (Å²) >= 11 is 0. The van der Waals surface area contributed by atoms with E-state index in [0.29, 0.717) is 66.0 Å². The molecule has 2 aromatic carbocycles. The SMILES string of the molecule is NC(=O)N(c1ccc(-c2cc(C(=O)CN3CCOCC3)n3ncnc(N)c23)cc1)c1cc(C(F)(F)F)ccc1F. The number of carbonyl (C=O) groups excluding carboxylic acids is 2. The molecule has 1 aliphatic heterocycles. The zero-order valence-corrected chi connectivity index (χ0v) is 20.9. The highest BCUT2D eigenvalue weighted by atomic mass is 19.4. The van der Waals surface area contributed by atoms with E-state index in [1.165, 1.54) is 35.1 Å². The Hall–Kier alpha value is -4.56. The maximum atomic E-state index is 14.6. The Balaban J connectivity index is 1.52. The lowest BCUT2D eigenvalue weighted by atomic mass is 10.1. The van der Waals surface area contributed by atoms with Gasteiger partial charge in [0.2, 0.25) is 0 Å². The summed E-state index contributed by atoms with van der Waals surface area (Å²) in [5.74, 6) is -1.15. The second-order valence-corrected chi connectivity index (χ2v) is 9.05. The van der Waals surface area contributed by atoms with Gasteiger partial charge in [0.05, 0.1) is 36.7 Å². The van der Waals surface area contributed by atoms with Gasteiger partial charge in [-0.2, -0.15) is 18.3 Å². The van der Waals surface area contributed by atoms with Gasteiger partial charge in [0.25, 0.3) is 0 Å². The number of benzene rings is 2. The first kappa shape index (κ1) is 27.0. The van der Waals surface area contributed by atoms with E-state index in [4.69, 9.17) is 16.2 Å². The number of hydrogen-bond acceptors (Lipinski definition) is 7. The number of anilines is 3. The second kappa shape index (κ2) is 10.5. The average molecular weight is 558 g/mol. The zero-order chi connectivity index (χ0) is 28.6. The summed E-state index contributed by atoms with van der Waals surface area (Å²) in [5, 5.41) is 4.21. The van der Waals surface area contributed by atoms with Gasteiger partial charge in [0, 0.05) is 18.7 Å². The molecule has 40 heavy (non-hydrogen) atoms. The number of ketones is 1. The van der Waals surface area contributed by atoms with E-state index in [2.05, 4.69) is 10.1 Å². The van der Waals surface area contributed by atoms with E-state index in [1.807, 2.05) is 4.90 Å². The summed E-state index contributed by atoms with van der Waals surface area (Å²) in [4.78, 5) is 32.1. The van der Waals surface area contributed by atoms with Gasteiger partial charge in [-0.3, -0.25) is 14.6 Å². The summed E-state index contributed by atoms with van der Waals surface area (Å²) < 4.78 is 61.0. The van der Waals surface area contributed by atoms with Crippen LogP contribution >= 0.6 is 0 Å². The molecule has 2 aromatic heterocycles. The van der Waals surface area contributed by atoms with Crippen LogP contribution in [-0.2, 0) is 10.9 Å². The van der Waals surface area contributed by atoms with Gasteiger partial charge in [-0.15, -0.1) is 0 Å². The highest BCUT2D eigenvalue weighted by Crippen LogP contribution is 2.37. The zero-order valence-electron chi connectivity index (χ0n) is 20.9. The number of fused-ring (bicyclic) bond motifs is 1. The Morgan fingerprint density at radius 1 is 1.05 bits per heavy atom. The summed E-state index contributed by atoms with van der Waals surface area (Å²) in [6.07, 6.45) is -3.53. The van der Waals surface area contributed by atoms with Gasteiger partial charge in [-0.1, -0.05) is 12.1 Å². The van der Waals surface area contributed by atoms with Crippen molar-refractivity contribution in [2.45, 2.75) is 6.18 Å². The monoisotopic (exact) mass is 557 g/mol. The number of hydrogen-bond donors (Lipinski definition) is 2. The predicted molar refractivity (Wildman–Crippen MR) is 138 cm³/mol. The lowest BCUT2D eigenvalue weighted by Gasteiger charge is -2.25. The number of nitrogens with two attached hydrogens (primary N) is 2. The molecule has 208 valence electrons. The highest BCUT2D eigenvalue weighted by molar-refractivity contribution is 6.02. The van der Waals surface area contributed by atoms with Gasteiger partial charge in [0.15, 0.2) is 11.6 Å². The normalized spacial score (nSPS) is 14.4. The van der Waals surface area contributed by atoms with E-state index >= 15 is 0 Å². The first-order valence-electron chi connectivity index (χ1n) is 12.1. The third kappa shape index (κ3) is 5.18. The van der Waals surface area contributed by atoms with Crippen LogP contribution in [0.25, 0.3) is 16.6 Å². The minimum absolute atomic E-state index is 0.0193. The molecule has 1 fully saturated rings. The van der Waals surface area contributed by atoms with Gasteiger partial charge in [-0.05, 0) is 42.0 Å². The fourth-order valence-electron chi connectivity index (χ4n) is 4.57. The summed E-state index contributed by atoms with van der Waals surface area (Å²) in [7, 11) is 0. The summed E-state index contributed by atoms with van der Waals surface area (Å²) in [6, 6.07) is 7.99. The number of primary amides is 1. The van der Waals surface area contributed by atoms with Crippen molar-refractivity contribution in [3.63, 3.8) is 0 Å². The van der Waals surface area contributed by atoms with Crippen LogP contribution in [-0.4, -0.2) is 64.2 Å². The van der Waals surface area contributed by atoms with E-state index in [1.54, 1.807) is 6.07 Å². The third-order valence-corrected chi connectivity index (χ3v) is 6.51. The van der Waals surface area contributed by atoms with Crippen molar-refractivity contribution in [3.05, 3.63) is 71.9 Å². The molecule has 5 rings (SSSR count). The number of amides is 2. The number of carbonyl (C=O) groups is 2. The molecule has 0 radical (unpaired) electrons. The molecule has 1 aliphatic rings. The van der Waals surface area contributed by atoms with E-state index in [-0.39, 0.29) is 29.5 Å². The number of Topliss-reactive ketones (excluding diaryl/α,β-unsaturated/α-hetero) is 1. The van der Waals surface area contributed by atoms with Crippen molar-refractivity contribution < 1.29 is 31.9 Å². The van der Waals surface area contributed by atoms with Gasteiger partial charge >= 0.3 is 12.2 Å². The van der Waals surface area contributed by atoms with Crippen molar-refractivity contribution in [2.75, 3.05) is 43.5 Å². The molecule has 0 saturated carbocycles. The fourth-order valence-corrected chi connectivity index (χ4v) is 4.57. The molecule has 14 heteroatoms. The van der Waals surface area contributed by atoms with Crippen molar-refractivity contribution in [1.82, 2.24) is 19.5 Å². The Morgan fingerprint density at radius 3 is 2.40 bits per heavy atom. The largest absolute Gasteiger partial charge is 0.416 e. The third-order valence-electron chi connectivity index (χ3n) is 6.51. The molecular weight excluding hydrogens is 534 g/mol. The topological polar surface area (TPSA) is 132 Å². The number of nitrogens with zero attached hydrogens (tertiary/aromatic N) is 5. The van der Waals surface area contributed by atoms with Gasteiger partial charge < -0.3 is 16.2 Å². The number of aromatic nitrogens is 3.